The zero-order valence-corrected chi connectivity index (χ0v) is 7.95. The van der Waals surface area contributed by atoms with Crippen LogP contribution < -0.4 is 4.74 Å². The number of fused-ring (bicyclic) bond motifs is 1. The Morgan fingerprint density at radius 2 is 2.23 bits per heavy atom. The molecule has 2 rings (SSSR count). The normalized spacial score (nSPS) is 25.8. The van der Waals surface area contributed by atoms with E-state index in [-0.39, 0.29) is 12.0 Å². The number of ether oxygens (including phenoxy) is 1. The summed E-state index contributed by atoms with van der Waals surface area (Å²) in [6, 6.07) is 6.01. The molecule has 0 unspecified atom stereocenters. The molecule has 0 bridgehead atoms. The van der Waals surface area contributed by atoms with E-state index in [1.54, 1.807) is 7.11 Å². The molecular formula is C11H14O2. The second-order valence-corrected chi connectivity index (χ2v) is 3.62. The van der Waals surface area contributed by atoms with Crippen LogP contribution in [0.4, 0.5) is 0 Å². The first kappa shape index (κ1) is 8.57. The van der Waals surface area contributed by atoms with E-state index in [1.165, 1.54) is 11.1 Å². The molecule has 0 aliphatic heterocycles. The maximum atomic E-state index is 9.64. The van der Waals surface area contributed by atoms with Gasteiger partial charge in [0.25, 0.3) is 0 Å². The van der Waals surface area contributed by atoms with Crippen molar-refractivity contribution in [2.75, 3.05) is 7.11 Å². The molecule has 2 nitrogen and oxygen atoms in total. The van der Waals surface area contributed by atoms with E-state index < -0.39 is 0 Å². The van der Waals surface area contributed by atoms with Crippen LogP contribution in [0.1, 0.15) is 24.0 Å². The van der Waals surface area contributed by atoms with Gasteiger partial charge >= 0.3 is 0 Å². The molecule has 1 aromatic carbocycles. The lowest BCUT2D eigenvalue weighted by Gasteiger charge is -2.09. The molecule has 0 radical (unpaired) electrons. The van der Waals surface area contributed by atoms with Crippen molar-refractivity contribution in [2.24, 2.45) is 0 Å². The summed E-state index contributed by atoms with van der Waals surface area (Å²) in [6.45, 7) is 2.05. The van der Waals surface area contributed by atoms with Crippen LogP contribution in [0, 0.1) is 0 Å². The molecule has 1 aromatic rings. The van der Waals surface area contributed by atoms with E-state index in [0.29, 0.717) is 0 Å². The van der Waals surface area contributed by atoms with Crippen LogP contribution in [0.25, 0.3) is 0 Å². The summed E-state index contributed by atoms with van der Waals surface area (Å²) in [5.74, 6) is 1.12. The van der Waals surface area contributed by atoms with Crippen molar-refractivity contribution in [1.29, 1.82) is 0 Å². The Bertz CT molecular complexity index is 320. The van der Waals surface area contributed by atoms with Gasteiger partial charge in [-0.05, 0) is 29.7 Å². The molecule has 0 saturated heterocycles. The van der Waals surface area contributed by atoms with Gasteiger partial charge in [0.05, 0.1) is 13.2 Å². The lowest BCUT2D eigenvalue weighted by Crippen LogP contribution is -2.09. The second-order valence-electron chi connectivity index (χ2n) is 3.62. The van der Waals surface area contributed by atoms with Gasteiger partial charge in [0.15, 0.2) is 0 Å². The first-order valence-electron chi connectivity index (χ1n) is 4.57. The van der Waals surface area contributed by atoms with Crippen molar-refractivity contribution in [3.63, 3.8) is 0 Å². The molecule has 1 N–H and O–H groups in total. The standard InChI is InChI=1S/C11H14O2/c1-7-10-6-9(13-2)4-3-8(10)5-11(7)12/h3-4,6-7,11-12H,5H2,1-2H3/t7-,11+/m0/s1. The fourth-order valence-corrected chi connectivity index (χ4v) is 1.92. The number of rotatable bonds is 1. The van der Waals surface area contributed by atoms with Gasteiger partial charge in [-0.2, -0.15) is 0 Å². The minimum Gasteiger partial charge on any atom is -0.497 e. The van der Waals surface area contributed by atoms with Gasteiger partial charge in [0.1, 0.15) is 5.75 Å². The highest BCUT2D eigenvalue weighted by atomic mass is 16.5. The molecule has 2 heteroatoms. The topological polar surface area (TPSA) is 29.5 Å². The fourth-order valence-electron chi connectivity index (χ4n) is 1.92. The predicted octanol–water partition coefficient (Wildman–Crippen LogP) is 1.72. The molecule has 1 aliphatic rings. The Hall–Kier alpha value is -1.02. The molecule has 0 aromatic heterocycles. The molecule has 0 fully saturated rings. The van der Waals surface area contributed by atoms with Crippen LogP contribution in [-0.2, 0) is 6.42 Å². The van der Waals surface area contributed by atoms with Crippen molar-refractivity contribution >= 4 is 0 Å². The zero-order valence-electron chi connectivity index (χ0n) is 7.95. The molecule has 0 saturated carbocycles. The van der Waals surface area contributed by atoms with E-state index in [9.17, 15) is 5.11 Å². The highest BCUT2D eigenvalue weighted by Crippen LogP contribution is 2.35. The van der Waals surface area contributed by atoms with E-state index in [4.69, 9.17) is 4.74 Å². The number of hydrogen-bond donors (Lipinski definition) is 1. The molecular weight excluding hydrogens is 164 g/mol. The number of aliphatic hydroxyl groups excluding tert-OH is 1. The maximum absolute atomic E-state index is 9.64. The van der Waals surface area contributed by atoms with Gasteiger partial charge in [-0.25, -0.2) is 0 Å². The van der Waals surface area contributed by atoms with Crippen LogP contribution >= 0.6 is 0 Å². The van der Waals surface area contributed by atoms with Gasteiger partial charge in [-0.3, -0.25) is 0 Å². The Morgan fingerprint density at radius 1 is 1.46 bits per heavy atom. The lowest BCUT2D eigenvalue weighted by atomic mass is 10.0. The van der Waals surface area contributed by atoms with E-state index in [1.807, 2.05) is 18.2 Å². The lowest BCUT2D eigenvalue weighted by molar-refractivity contribution is 0.163. The van der Waals surface area contributed by atoms with Gasteiger partial charge < -0.3 is 9.84 Å². The van der Waals surface area contributed by atoms with Crippen LogP contribution in [0.3, 0.4) is 0 Å². The largest absolute Gasteiger partial charge is 0.497 e. The van der Waals surface area contributed by atoms with Gasteiger partial charge in [-0.1, -0.05) is 13.0 Å². The molecule has 1 aliphatic carbocycles. The van der Waals surface area contributed by atoms with Gasteiger partial charge in [0.2, 0.25) is 0 Å². The third kappa shape index (κ3) is 1.31. The first-order valence-corrected chi connectivity index (χ1v) is 4.57. The Balaban J connectivity index is 2.42. The van der Waals surface area contributed by atoms with Crippen LogP contribution in [0.15, 0.2) is 18.2 Å². The van der Waals surface area contributed by atoms with E-state index in [0.717, 1.165) is 12.2 Å². The van der Waals surface area contributed by atoms with Gasteiger partial charge in [-0.15, -0.1) is 0 Å². The molecule has 0 heterocycles. The number of methoxy groups -OCH3 is 1. The summed E-state index contributed by atoms with van der Waals surface area (Å²) >= 11 is 0. The zero-order chi connectivity index (χ0) is 9.42. The average molecular weight is 178 g/mol. The van der Waals surface area contributed by atoms with Crippen molar-refractivity contribution in [2.45, 2.75) is 25.4 Å². The monoisotopic (exact) mass is 178 g/mol. The fraction of sp³-hybridized carbons (Fsp3) is 0.455. The predicted molar refractivity (Wildman–Crippen MR) is 51.1 cm³/mol. The van der Waals surface area contributed by atoms with Crippen molar-refractivity contribution < 1.29 is 9.84 Å². The van der Waals surface area contributed by atoms with Crippen LogP contribution in [0.5, 0.6) is 5.75 Å². The van der Waals surface area contributed by atoms with E-state index >= 15 is 0 Å². The second kappa shape index (κ2) is 3.04. The summed E-state index contributed by atoms with van der Waals surface area (Å²) in [6.07, 6.45) is 0.558. The van der Waals surface area contributed by atoms with Crippen molar-refractivity contribution in [3.8, 4) is 5.75 Å². The Morgan fingerprint density at radius 3 is 2.92 bits per heavy atom. The number of hydrogen-bond acceptors (Lipinski definition) is 2. The third-order valence-corrected chi connectivity index (χ3v) is 2.85. The highest BCUT2D eigenvalue weighted by molar-refractivity contribution is 5.42. The molecule has 0 spiro atoms. The smallest absolute Gasteiger partial charge is 0.119 e. The highest BCUT2D eigenvalue weighted by Gasteiger charge is 2.27. The summed E-state index contributed by atoms with van der Waals surface area (Å²) < 4.78 is 5.14. The SMILES string of the molecule is COc1ccc2c(c1)[C@H](C)[C@H](O)C2. The summed E-state index contributed by atoms with van der Waals surface area (Å²) in [4.78, 5) is 0. The summed E-state index contributed by atoms with van der Waals surface area (Å²) in [5.41, 5.74) is 2.48. The van der Waals surface area contributed by atoms with Crippen molar-refractivity contribution in [3.05, 3.63) is 29.3 Å². The number of aliphatic hydroxyl groups is 1. The first-order chi connectivity index (χ1) is 6.22. The third-order valence-electron chi connectivity index (χ3n) is 2.85. The van der Waals surface area contributed by atoms with Gasteiger partial charge in [0, 0.05) is 5.92 Å². The number of benzene rings is 1. The minimum atomic E-state index is -0.220. The Labute approximate surface area is 78.2 Å². The minimum absolute atomic E-state index is 0.220. The summed E-state index contributed by atoms with van der Waals surface area (Å²) in [5, 5.41) is 9.64. The Kier molecular flexibility index (Phi) is 2.00. The van der Waals surface area contributed by atoms with Crippen LogP contribution in [0.2, 0.25) is 0 Å². The maximum Gasteiger partial charge on any atom is 0.119 e. The summed E-state index contributed by atoms with van der Waals surface area (Å²) in [7, 11) is 1.66. The molecule has 0 amide bonds. The van der Waals surface area contributed by atoms with Crippen LogP contribution in [-0.4, -0.2) is 18.3 Å². The van der Waals surface area contributed by atoms with Crippen molar-refractivity contribution in [1.82, 2.24) is 0 Å². The van der Waals surface area contributed by atoms with E-state index in [2.05, 4.69) is 6.92 Å². The molecule has 2 atom stereocenters. The molecule has 70 valence electrons. The molecule has 13 heavy (non-hydrogen) atoms. The quantitative estimate of drug-likeness (QED) is 0.709. The average Bonchev–Trinajstić information content (AvgIpc) is 2.43.